The number of hydrogen-bond acceptors (Lipinski definition) is 4. The van der Waals surface area contributed by atoms with Crippen LogP contribution in [0, 0.1) is 0 Å². The van der Waals surface area contributed by atoms with Crippen LogP contribution < -0.4 is 9.47 Å². The van der Waals surface area contributed by atoms with Gasteiger partial charge in [-0.3, -0.25) is 4.79 Å². The number of aryl methyl sites for hydroxylation is 1. The highest BCUT2D eigenvalue weighted by Gasteiger charge is 2.28. The summed E-state index contributed by atoms with van der Waals surface area (Å²) in [7, 11) is 3.17. The monoisotopic (exact) mass is 371 g/mol. The first-order valence-electron chi connectivity index (χ1n) is 9.70. The molecule has 2 heterocycles. The summed E-state index contributed by atoms with van der Waals surface area (Å²) in [4.78, 5) is 19.6. The molecule has 3 rings (SSSR count). The lowest BCUT2D eigenvalue weighted by molar-refractivity contribution is 0.0703. The first-order chi connectivity index (χ1) is 13.2. The topological polar surface area (TPSA) is 56.6 Å². The molecule has 1 saturated heterocycles. The number of methoxy groups -OCH3 is 2. The van der Waals surface area contributed by atoms with Gasteiger partial charge in [0.1, 0.15) is 5.82 Å². The maximum absolute atomic E-state index is 13.0. The van der Waals surface area contributed by atoms with Crippen molar-refractivity contribution in [2.75, 3.05) is 27.3 Å². The number of benzene rings is 1. The van der Waals surface area contributed by atoms with Crippen LogP contribution in [0.5, 0.6) is 11.5 Å². The number of aromatic nitrogens is 2. The van der Waals surface area contributed by atoms with Crippen molar-refractivity contribution >= 4 is 5.91 Å². The highest BCUT2D eigenvalue weighted by Crippen LogP contribution is 2.30. The third-order valence-corrected chi connectivity index (χ3v) is 5.20. The Balaban J connectivity index is 1.74. The van der Waals surface area contributed by atoms with Gasteiger partial charge in [0.2, 0.25) is 0 Å². The molecule has 6 nitrogen and oxygen atoms in total. The molecule has 1 fully saturated rings. The van der Waals surface area contributed by atoms with Gasteiger partial charge in [-0.1, -0.05) is 13.3 Å². The average molecular weight is 371 g/mol. The lowest BCUT2D eigenvalue weighted by Gasteiger charge is -2.33. The van der Waals surface area contributed by atoms with E-state index in [9.17, 15) is 4.79 Å². The Morgan fingerprint density at radius 1 is 1.26 bits per heavy atom. The van der Waals surface area contributed by atoms with Gasteiger partial charge in [-0.05, 0) is 37.5 Å². The maximum Gasteiger partial charge on any atom is 0.254 e. The molecule has 0 aliphatic carbocycles. The molecule has 0 saturated carbocycles. The number of piperidine rings is 1. The summed E-state index contributed by atoms with van der Waals surface area (Å²) in [5, 5.41) is 0. The summed E-state index contributed by atoms with van der Waals surface area (Å²) in [5.41, 5.74) is 0.627. The zero-order valence-electron chi connectivity index (χ0n) is 16.5. The molecule has 1 amide bonds. The number of carbonyl (C=O) groups is 1. The summed E-state index contributed by atoms with van der Waals surface area (Å²) in [6.07, 6.45) is 8.29. The molecule has 1 atom stereocenters. The molecule has 0 spiro atoms. The predicted octanol–water partition coefficient (Wildman–Crippen LogP) is 3.72. The average Bonchev–Trinajstić information content (AvgIpc) is 3.19. The van der Waals surface area contributed by atoms with E-state index in [1.165, 1.54) is 0 Å². The van der Waals surface area contributed by atoms with Gasteiger partial charge < -0.3 is 18.9 Å². The maximum atomic E-state index is 13.0. The Hall–Kier alpha value is -2.50. The van der Waals surface area contributed by atoms with Crippen molar-refractivity contribution in [2.24, 2.45) is 0 Å². The Morgan fingerprint density at radius 2 is 2.07 bits per heavy atom. The van der Waals surface area contributed by atoms with Crippen LogP contribution in [0.15, 0.2) is 30.6 Å². The van der Waals surface area contributed by atoms with Crippen LogP contribution in [0.1, 0.15) is 54.7 Å². The molecule has 1 aliphatic rings. The number of carbonyl (C=O) groups excluding carboxylic acids is 1. The SMILES string of the molecule is CCCCn1ccnc1[C@@H]1CCCN(C(=O)c2ccc(OC)c(OC)c2)C1. The van der Waals surface area contributed by atoms with Crippen molar-refractivity contribution in [2.45, 2.75) is 45.1 Å². The first-order valence-corrected chi connectivity index (χ1v) is 9.70. The van der Waals surface area contributed by atoms with Crippen molar-refractivity contribution in [3.05, 3.63) is 42.0 Å². The molecule has 0 bridgehead atoms. The lowest BCUT2D eigenvalue weighted by Crippen LogP contribution is -2.39. The first kappa shape index (κ1) is 19.3. The molecular weight excluding hydrogens is 342 g/mol. The molecule has 146 valence electrons. The van der Waals surface area contributed by atoms with Gasteiger partial charge in [-0.2, -0.15) is 0 Å². The number of nitrogens with zero attached hydrogens (tertiary/aromatic N) is 3. The number of ether oxygens (including phenoxy) is 2. The molecule has 1 aromatic heterocycles. The molecule has 0 radical (unpaired) electrons. The standard InChI is InChI=1S/C21H29N3O3/c1-4-5-11-23-13-10-22-20(23)17-7-6-12-24(15-17)21(25)16-8-9-18(26-2)19(14-16)27-3/h8-10,13-14,17H,4-7,11-12,15H2,1-3H3/t17-/m1/s1. The smallest absolute Gasteiger partial charge is 0.254 e. The predicted molar refractivity (Wildman–Crippen MR) is 105 cm³/mol. The lowest BCUT2D eigenvalue weighted by atomic mass is 9.96. The van der Waals surface area contributed by atoms with E-state index in [0.717, 1.165) is 44.6 Å². The molecule has 0 N–H and O–H groups in total. The Morgan fingerprint density at radius 3 is 2.81 bits per heavy atom. The Bertz CT molecular complexity index is 772. The molecule has 27 heavy (non-hydrogen) atoms. The minimum Gasteiger partial charge on any atom is -0.493 e. The number of likely N-dealkylation sites (tertiary alicyclic amines) is 1. The van der Waals surface area contributed by atoms with Gasteiger partial charge in [0.05, 0.1) is 14.2 Å². The molecule has 0 unspecified atom stereocenters. The summed E-state index contributed by atoms with van der Waals surface area (Å²) < 4.78 is 12.9. The van der Waals surface area contributed by atoms with E-state index in [0.29, 0.717) is 23.6 Å². The quantitative estimate of drug-likeness (QED) is 0.744. The van der Waals surface area contributed by atoms with Crippen LogP contribution in [0.2, 0.25) is 0 Å². The largest absolute Gasteiger partial charge is 0.493 e. The van der Waals surface area contributed by atoms with E-state index in [1.54, 1.807) is 32.4 Å². The molecule has 1 aromatic carbocycles. The van der Waals surface area contributed by atoms with Crippen LogP contribution in [-0.4, -0.2) is 47.7 Å². The van der Waals surface area contributed by atoms with E-state index in [2.05, 4.69) is 22.7 Å². The number of rotatable bonds is 7. The fourth-order valence-electron chi connectivity index (χ4n) is 3.72. The van der Waals surface area contributed by atoms with Crippen LogP contribution in [0.3, 0.4) is 0 Å². The molecule has 6 heteroatoms. The van der Waals surface area contributed by atoms with Crippen LogP contribution >= 0.6 is 0 Å². The van der Waals surface area contributed by atoms with Crippen molar-refractivity contribution < 1.29 is 14.3 Å². The van der Waals surface area contributed by atoms with Gasteiger partial charge in [0, 0.05) is 43.5 Å². The van der Waals surface area contributed by atoms with Gasteiger partial charge >= 0.3 is 0 Å². The minimum atomic E-state index is 0.0346. The van der Waals surface area contributed by atoms with Gasteiger partial charge in [0.25, 0.3) is 5.91 Å². The fourth-order valence-corrected chi connectivity index (χ4v) is 3.72. The molecule has 2 aromatic rings. The van der Waals surface area contributed by atoms with Crippen molar-refractivity contribution in [3.63, 3.8) is 0 Å². The second kappa shape index (κ2) is 8.93. The van der Waals surface area contributed by atoms with Crippen LogP contribution in [0.4, 0.5) is 0 Å². The van der Waals surface area contributed by atoms with Gasteiger partial charge in [-0.15, -0.1) is 0 Å². The van der Waals surface area contributed by atoms with Crippen LogP contribution in [0.25, 0.3) is 0 Å². The molecular formula is C21H29N3O3. The number of hydrogen-bond donors (Lipinski definition) is 0. The fraction of sp³-hybridized carbons (Fsp3) is 0.524. The van der Waals surface area contributed by atoms with Crippen molar-refractivity contribution in [3.8, 4) is 11.5 Å². The van der Waals surface area contributed by atoms with Gasteiger partial charge in [0.15, 0.2) is 11.5 Å². The van der Waals surface area contributed by atoms with E-state index in [1.807, 2.05) is 11.1 Å². The van der Waals surface area contributed by atoms with E-state index in [-0.39, 0.29) is 11.8 Å². The zero-order chi connectivity index (χ0) is 19.2. The number of unbranched alkanes of at least 4 members (excludes halogenated alkanes) is 1. The van der Waals surface area contributed by atoms with Crippen LogP contribution in [-0.2, 0) is 6.54 Å². The second-order valence-electron chi connectivity index (χ2n) is 6.99. The third kappa shape index (κ3) is 4.26. The Kier molecular flexibility index (Phi) is 6.37. The van der Waals surface area contributed by atoms with Crippen molar-refractivity contribution in [1.29, 1.82) is 0 Å². The number of imidazole rings is 1. The molecule has 1 aliphatic heterocycles. The third-order valence-electron chi connectivity index (χ3n) is 5.20. The summed E-state index contributed by atoms with van der Waals surface area (Å²) in [6, 6.07) is 5.34. The normalized spacial score (nSPS) is 17.0. The van der Waals surface area contributed by atoms with E-state index < -0.39 is 0 Å². The summed E-state index contributed by atoms with van der Waals surface area (Å²) in [6.45, 7) is 4.67. The summed E-state index contributed by atoms with van der Waals surface area (Å²) in [5.74, 6) is 2.63. The number of amides is 1. The second-order valence-corrected chi connectivity index (χ2v) is 6.99. The van der Waals surface area contributed by atoms with Crippen molar-refractivity contribution in [1.82, 2.24) is 14.5 Å². The van der Waals surface area contributed by atoms with Gasteiger partial charge in [-0.25, -0.2) is 4.98 Å². The van der Waals surface area contributed by atoms with E-state index >= 15 is 0 Å². The summed E-state index contributed by atoms with van der Waals surface area (Å²) >= 11 is 0. The van der Waals surface area contributed by atoms with E-state index in [4.69, 9.17) is 9.47 Å². The zero-order valence-corrected chi connectivity index (χ0v) is 16.5. The Labute approximate surface area is 161 Å². The minimum absolute atomic E-state index is 0.0346. The highest BCUT2D eigenvalue weighted by molar-refractivity contribution is 5.95. The highest BCUT2D eigenvalue weighted by atomic mass is 16.5.